The van der Waals surface area contributed by atoms with Gasteiger partial charge in [-0.3, -0.25) is 0 Å². The van der Waals surface area contributed by atoms with Gasteiger partial charge in [-0.2, -0.15) is 0 Å². The topological polar surface area (TPSA) is 20.2 Å². The zero-order valence-electron chi connectivity index (χ0n) is 16.6. The SMILES string of the molecule is C[C@@]12c3ccccc3[C@@]3(C)c4cc(Br)c(O)cc4[C@@](C)(c4ccccc41)[C@@]23C. The molecule has 3 aromatic rings. The van der Waals surface area contributed by atoms with Crippen LogP contribution in [0.25, 0.3) is 0 Å². The number of hydrogen-bond donors (Lipinski definition) is 1. The Kier molecular flexibility index (Phi) is 2.75. The average Bonchev–Trinajstić information content (AvgIpc) is 3.05. The van der Waals surface area contributed by atoms with E-state index in [4.69, 9.17) is 0 Å². The van der Waals surface area contributed by atoms with Crippen molar-refractivity contribution < 1.29 is 5.11 Å². The first-order chi connectivity index (χ1) is 13.2. The van der Waals surface area contributed by atoms with E-state index >= 15 is 0 Å². The molecule has 2 heteroatoms. The number of aromatic hydroxyl groups is 1. The third-order valence-corrected chi connectivity index (χ3v) is 9.81. The van der Waals surface area contributed by atoms with E-state index in [2.05, 4.69) is 98.2 Å². The third-order valence-electron chi connectivity index (χ3n) is 9.17. The van der Waals surface area contributed by atoms with E-state index in [0.717, 1.165) is 4.47 Å². The van der Waals surface area contributed by atoms with Gasteiger partial charge in [0.15, 0.2) is 0 Å². The molecule has 0 heterocycles. The van der Waals surface area contributed by atoms with E-state index in [1.165, 1.54) is 33.4 Å². The molecule has 0 aromatic heterocycles. The maximum Gasteiger partial charge on any atom is 0.130 e. The van der Waals surface area contributed by atoms with Crippen molar-refractivity contribution in [3.8, 4) is 5.75 Å². The number of phenolic OH excluding ortho intramolecular Hbond substituents is 1. The van der Waals surface area contributed by atoms with Gasteiger partial charge in [0, 0.05) is 21.7 Å². The maximum absolute atomic E-state index is 10.6. The lowest BCUT2D eigenvalue weighted by Crippen LogP contribution is -2.51. The minimum Gasteiger partial charge on any atom is -0.507 e. The molecular weight excluding hydrogens is 408 g/mol. The lowest BCUT2D eigenvalue weighted by atomic mass is 9.52. The molecule has 28 heavy (non-hydrogen) atoms. The highest BCUT2D eigenvalue weighted by Crippen LogP contribution is 2.82. The highest BCUT2D eigenvalue weighted by molar-refractivity contribution is 9.10. The van der Waals surface area contributed by atoms with E-state index < -0.39 is 0 Å². The van der Waals surface area contributed by atoms with Gasteiger partial charge in [0.1, 0.15) is 5.75 Å². The Bertz CT molecular complexity index is 1120. The van der Waals surface area contributed by atoms with E-state index in [1.807, 2.05) is 6.07 Å². The predicted molar refractivity (Wildman–Crippen MR) is 116 cm³/mol. The highest BCUT2D eigenvalue weighted by Gasteiger charge is 2.79. The maximum atomic E-state index is 10.6. The summed E-state index contributed by atoms with van der Waals surface area (Å²) in [5, 5.41) is 10.6. The summed E-state index contributed by atoms with van der Waals surface area (Å²) in [6.45, 7) is 9.76. The van der Waals surface area contributed by atoms with Crippen molar-refractivity contribution in [1.82, 2.24) is 0 Å². The Balaban J connectivity index is 1.92. The van der Waals surface area contributed by atoms with Crippen molar-refractivity contribution in [2.45, 2.75) is 43.9 Å². The molecule has 0 fully saturated rings. The number of benzene rings is 3. The standard InChI is InChI=1S/C26H23BrO/c1-23-15-9-5-7-11-17(15)24(2)19-13-21(27)22(28)14-20(19)25(3,26(23,24)4)18-12-8-6-10-16(18)23/h5-14,28H,1-4H3/t23-,24+,25-,26+/m1/s1. The van der Waals surface area contributed by atoms with Crippen LogP contribution in [-0.4, -0.2) is 5.11 Å². The summed E-state index contributed by atoms with van der Waals surface area (Å²) in [6.07, 6.45) is 0. The van der Waals surface area contributed by atoms with E-state index in [1.54, 1.807) is 0 Å². The quantitative estimate of drug-likeness (QED) is 0.436. The summed E-state index contributed by atoms with van der Waals surface area (Å²) in [5.41, 5.74) is 7.84. The minimum absolute atomic E-state index is 0.0735. The third kappa shape index (κ3) is 1.29. The van der Waals surface area contributed by atoms with Crippen LogP contribution in [0.2, 0.25) is 0 Å². The van der Waals surface area contributed by atoms with Gasteiger partial charge in [-0.05, 0) is 61.4 Å². The number of phenols is 1. The van der Waals surface area contributed by atoms with Gasteiger partial charge in [0.2, 0.25) is 0 Å². The molecule has 0 spiro atoms. The second-order valence-corrected chi connectivity index (χ2v) is 10.3. The summed E-state index contributed by atoms with van der Waals surface area (Å²) in [7, 11) is 0. The monoisotopic (exact) mass is 430 g/mol. The first-order valence-electron chi connectivity index (χ1n) is 9.97. The lowest BCUT2D eigenvalue weighted by molar-refractivity contribution is 0.0997. The molecule has 140 valence electrons. The lowest BCUT2D eigenvalue weighted by Gasteiger charge is -2.49. The summed E-state index contributed by atoms with van der Waals surface area (Å²) in [4.78, 5) is 0. The minimum atomic E-state index is -0.181. The zero-order valence-corrected chi connectivity index (χ0v) is 18.2. The normalized spacial score (nSPS) is 36.0. The first-order valence-corrected chi connectivity index (χ1v) is 10.8. The fraction of sp³-hybridized carbons (Fsp3) is 0.308. The molecular formula is C26H23BrO. The van der Waals surface area contributed by atoms with Gasteiger partial charge >= 0.3 is 0 Å². The molecule has 0 unspecified atom stereocenters. The zero-order chi connectivity index (χ0) is 19.7. The molecule has 0 amide bonds. The van der Waals surface area contributed by atoms with Crippen LogP contribution in [0.5, 0.6) is 5.75 Å². The van der Waals surface area contributed by atoms with Crippen LogP contribution in [0.1, 0.15) is 61.1 Å². The molecule has 3 aliphatic carbocycles. The van der Waals surface area contributed by atoms with Crippen LogP contribution in [0, 0.1) is 5.41 Å². The fourth-order valence-corrected chi connectivity index (χ4v) is 7.99. The van der Waals surface area contributed by atoms with E-state index in [0.29, 0.717) is 5.75 Å². The van der Waals surface area contributed by atoms with Crippen LogP contribution < -0.4 is 0 Å². The van der Waals surface area contributed by atoms with Gasteiger partial charge < -0.3 is 5.11 Å². The van der Waals surface area contributed by atoms with Crippen molar-refractivity contribution >= 4 is 15.9 Å². The van der Waals surface area contributed by atoms with Crippen LogP contribution in [-0.2, 0) is 16.2 Å². The molecule has 1 N–H and O–H groups in total. The van der Waals surface area contributed by atoms with E-state index in [-0.39, 0.29) is 21.7 Å². The first kappa shape index (κ1) is 16.9. The Labute approximate surface area is 174 Å². The summed E-state index contributed by atoms with van der Waals surface area (Å²) in [6, 6.07) is 22.2. The van der Waals surface area contributed by atoms with Gasteiger partial charge in [0.05, 0.1) is 4.47 Å². The van der Waals surface area contributed by atoms with Crippen molar-refractivity contribution in [1.29, 1.82) is 0 Å². The molecule has 0 saturated heterocycles. The van der Waals surface area contributed by atoms with Crippen LogP contribution in [0.15, 0.2) is 65.1 Å². The van der Waals surface area contributed by atoms with Crippen molar-refractivity contribution in [2.75, 3.05) is 0 Å². The molecule has 3 aromatic carbocycles. The smallest absolute Gasteiger partial charge is 0.130 e. The molecule has 0 saturated carbocycles. The Morgan fingerprint density at radius 3 is 1.39 bits per heavy atom. The summed E-state index contributed by atoms with van der Waals surface area (Å²) >= 11 is 3.59. The number of halogens is 1. The second kappa shape index (κ2) is 4.57. The van der Waals surface area contributed by atoms with Gasteiger partial charge in [-0.25, -0.2) is 0 Å². The van der Waals surface area contributed by atoms with Crippen molar-refractivity contribution in [3.63, 3.8) is 0 Å². The van der Waals surface area contributed by atoms with Crippen LogP contribution >= 0.6 is 15.9 Å². The number of fused-ring (bicyclic) bond motifs is 9. The fourth-order valence-electron chi connectivity index (χ4n) is 7.65. The molecule has 3 aliphatic rings. The van der Waals surface area contributed by atoms with Crippen LogP contribution in [0.4, 0.5) is 0 Å². The van der Waals surface area contributed by atoms with Crippen molar-refractivity contribution in [3.05, 3.63) is 98.5 Å². The number of hydrogen-bond acceptors (Lipinski definition) is 1. The van der Waals surface area contributed by atoms with Crippen molar-refractivity contribution in [2.24, 2.45) is 5.41 Å². The second-order valence-electron chi connectivity index (χ2n) is 9.44. The Hall–Kier alpha value is -2.06. The molecule has 1 nitrogen and oxygen atoms in total. The summed E-state index contributed by atoms with van der Waals surface area (Å²) < 4.78 is 0.777. The summed E-state index contributed by atoms with van der Waals surface area (Å²) in [5.74, 6) is 0.325. The molecule has 0 bridgehead atoms. The molecule has 0 aliphatic heterocycles. The molecule has 0 radical (unpaired) electrons. The number of rotatable bonds is 0. The Morgan fingerprint density at radius 2 is 0.964 bits per heavy atom. The van der Waals surface area contributed by atoms with Gasteiger partial charge in [0.25, 0.3) is 0 Å². The Morgan fingerprint density at radius 1 is 0.607 bits per heavy atom. The van der Waals surface area contributed by atoms with Gasteiger partial charge in [-0.15, -0.1) is 0 Å². The van der Waals surface area contributed by atoms with Gasteiger partial charge in [-0.1, -0.05) is 76.2 Å². The van der Waals surface area contributed by atoms with Crippen LogP contribution in [0.3, 0.4) is 0 Å². The highest BCUT2D eigenvalue weighted by atomic mass is 79.9. The molecule has 6 rings (SSSR count). The average molecular weight is 431 g/mol. The van der Waals surface area contributed by atoms with E-state index in [9.17, 15) is 5.11 Å². The largest absolute Gasteiger partial charge is 0.507 e. The predicted octanol–water partition coefficient (Wildman–Crippen LogP) is 6.42. The molecule has 4 atom stereocenters.